The Morgan fingerprint density at radius 3 is 1.90 bits per heavy atom. The van der Waals surface area contributed by atoms with E-state index in [9.17, 15) is 0 Å². The maximum atomic E-state index is 8.50. The Morgan fingerprint density at radius 1 is 1.10 bits per heavy atom. The van der Waals surface area contributed by atoms with E-state index >= 15 is 0 Å². The van der Waals surface area contributed by atoms with E-state index in [-0.39, 0.29) is 25.9 Å². The van der Waals surface area contributed by atoms with Gasteiger partial charge in [-0.15, -0.1) is 0 Å². The molecule has 1 atom stereocenters. The Bertz CT molecular complexity index is 72.1. The third kappa shape index (κ3) is 3.79. The fraction of sp³-hybridized carbons (Fsp3) is 1.00. The van der Waals surface area contributed by atoms with Crippen molar-refractivity contribution in [2.24, 2.45) is 0 Å². The van der Waals surface area contributed by atoms with Crippen molar-refractivity contribution in [2.45, 2.75) is 19.1 Å². The molecule has 0 aromatic heterocycles. The highest BCUT2D eigenvalue weighted by molar-refractivity contribution is 4.55. The summed E-state index contributed by atoms with van der Waals surface area (Å²) < 4.78 is 4.95. The molecule has 0 rings (SSSR count). The standard InChI is InChI=1S/C6H14O4/c1-5(2-7)10-6(3-8)4-9/h5-9H,2-4H2,1H3. The molecule has 4 heteroatoms. The molecule has 3 N–H and O–H groups in total. The van der Waals surface area contributed by atoms with E-state index in [0.29, 0.717) is 0 Å². The van der Waals surface area contributed by atoms with Crippen molar-refractivity contribution in [1.29, 1.82) is 0 Å². The molecule has 0 aliphatic heterocycles. The summed E-state index contributed by atoms with van der Waals surface area (Å²) >= 11 is 0. The van der Waals surface area contributed by atoms with E-state index in [1.54, 1.807) is 6.92 Å². The minimum atomic E-state index is -0.567. The van der Waals surface area contributed by atoms with Gasteiger partial charge in [0.2, 0.25) is 0 Å². The minimum absolute atomic E-state index is 0.101. The maximum Gasteiger partial charge on any atom is 0.104 e. The largest absolute Gasteiger partial charge is 0.394 e. The average Bonchev–Trinajstić information content (AvgIpc) is 1.99. The van der Waals surface area contributed by atoms with Crippen LogP contribution < -0.4 is 0 Å². The first kappa shape index (κ1) is 9.84. The Morgan fingerprint density at radius 2 is 1.60 bits per heavy atom. The van der Waals surface area contributed by atoms with Crippen LogP contribution >= 0.6 is 0 Å². The third-order valence-corrected chi connectivity index (χ3v) is 1.09. The van der Waals surface area contributed by atoms with E-state index in [1.807, 2.05) is 0 Å². The summed E-state index contributed by atoms with van der Waals surface area (Å²) in [5, 5.41) is 25.5. The Labute approximate surface area is 60.1 Å². The van der Waals surface area contributed by atoms with Crippen LogP contribution in [0.1, 0.15) is 6.92 Å². The first-order chi connectivity index (χ1) is 4.74. The van der Waals surface area contributed by atoms with Crippen molar-refractivity contribution >= 4 is 0 Å². The fourth-order valence-corrected chi connectivity index (χ4v) is 0.515. The van der Waals surface area contributed by atoms with Gasteiger partial charge in [0.25, 0.3) is 0 Å². The molecule has 10 heavy (non-hydrogen) atoms. The monoisotopic (exact) mass is 150 g/mol. The number of hydrogen-bond donors (Lipinski definition) is 3. The SMILES string of the molecule is CC(CO)OC(CO)CO. The van der Waals surface area contributed by atoms with Crippen LogP contribution in [-0.4, -0.2) is 47.3 Å². The van der Waals surface area contributed by atoms with Crippen molar-refractivity contribution in [3.63, 3.8) is 0 Å². The van der Waals surface area contributed by atoms with Gasteiger partial charge in [-0.1, -0.05) is 0 Å². The fourth-order valence-electron chi connectivity index (χ4n) is 0.515. The van der Waals surface area contributed by atoms with E-state index in [0.717, 1.165) is 0 Å². The molecule has 0 aromatic rings. The second-order valence-corrected chi connectivity index (χ2v) is 2.12. The molecular weight excluding hydrogens is 136 g/mol. The van der Waals surface area contributed by atoms with Gasteiger partial charge in [-0.3, -0.25) is 0 Å². The van der Waals surface area contributed by atoms with Crippen molar-refractivity contribution < 1.29 is 20.1 Å². The Hall–Kier alpha value is -0.160. The molecular formula is C6H14O4. The number of rotatable bonds is 5. The molecule has 1 unspecified atom stereocenters. The molecule has 0 spiro atoms. The van der Waals surface area contributed by atoms with Gasteiger partial charge >= 0.3 is 0 Å². The summed E-state index contributed by atoms with van der Waals surface area (Å²) in [4.78, 5) is 0. The van der Waals surface area contributed by atoms with Crippen molar-refractivity contribution in [2.75, 3.05) is 19.8 Å². The zero-order valence-electron chi connectivity index (χ0n) is 6.03. The lowest BCUT2D eigenvalue weighted by molar-refractivity contribution is -0.0721. The molecule has 0 aliphatic carbocycles. The molecule has 0 saturated heterocycles. The van der Waals surface area contributed by atoms with Crippen LogP contribution in [-0.2, 0) is 4.74 Å². The van der Waals surface area contributed by atoms with E-state index in [1.165, 1.54) is 0 Å². The van der Waals surface area contributed by atoms with Crippen LogP contribution in [0.4, 0.5) is 0 Å². The van der Waals surface area contributed by atoms with E-state index in [2.05, 4.69) is 0 Å². The zero-order valence-corrected chi connectivity index (χ0v) is 6.03. The van der Waals surface area contributed by atoms with E-state index in [4.69, 9.17) is 20.1 Å². The normalized spacial score (nSPS) is 14.1. The van der Waals surface area contributed by atoms with E-state index < -0.39 is 6.10 Å². The van der Waals surface area contributed by atoms with Gasteiger partial charge in [-0.2, -0.15) is 0 Å². The van der Waals surface area contributed by atoms with Crippen molar-refractivity contribution in [3.8, 4) is 0 Å². The third-order valence-electron chi connectivity index (χ3n) is 1.09. The summed E-state index contributed by atoms with van der Waals surface area (Å²) in [6, 6.07) is 0. The maximum absolute atomic E-state index is 8.50. The minimum Gasteiger partial charge on any atom is -0.394 e. The smallest absolute Gasteiger partial charge is 0.104 e. The molecule has 0 radical (unpaired) electrons. The number of aliphatic hydroxyl groups is 3. The molecule has 4 nitrogen and oxygen atoms in total. The number of aliphatic hydroxyl groups excluding tert-OH is 3. The highest BCUT2D eigenvalue weighted by Gasteiger charge is 2.09. The highest BCUT2D eigenvalue weighted by atomic mass is 16.5. The summed E-state index contributed by atoms with van der Waals surface area (Å²) in [7, 11) is 0. The number of ether oxygens (including phenoxy) is 1. The summed E-state index contributed by atoms with van der Waals surface area (Å²) in [5.41, 5.74) is 0. The van der Waals surface area contributed by atoms with Crippen LogP contribution in [0.5, 0.6) is 0 Å². The van der Waals surface area contributed by atoms with Gasteiger partial charge in [-0.05, 0) is 6.92 Å². The molecule has 62 valence electrons. The zero-order chi connectivity index (χ0) is 7.98. The predicted molar refractivity (Wildman–Crippen MR) is 35.6 cm³/mol. The molecule has 0 aromatic carbocycles. The Balaban J connectivity index is 3.41. The quantitative estimate of drug-likeness (QED) is 0.457. The molecule has 0 bridgehead atoms. The lowest BCUT2D eigenvalue weighted by atomic mass is 10.3. The predicted octanol–water partition coefficient (Wildman–Crippen LogP) is -1.26. The lowest BCUT2D eigenvalue weighted by Gasteiger charge is -2.16. The molecule has 0 saturated carbocycles. The number of hydrogen-bond acceptors (Lipinski definition) is 4. The van der Waals surface area contributed by atoms with Crippen LogP contribution in [0, 0.1) is 0 Å². The molecule has 0 amide bonds. The van der Waals surface area contributed by atoms with Gasteiger partial charge < -0.3 is 20.1 Å². The van der Waals surface area contributed by atoms with Gasteiger partial charge in [-0.25, -0.2) is 0 Å². The second kappa shape index (κ2) is 5.61. The topological polar surface area (TPSA) is 69.9 Å². The molecule has 0 fully saturated rings. The van der Waals surface area contributed by atoms with Crippen LogP contribution in [0.3, 0.4) is 0 Å². The van der Waals surface area contributed by atoms with Crippen molar-refractivity contribution in [1.82, 2.24) is 0 Å². The Kier molecular flexibility index (Phi) is 5.52. The lowest BCUT2D eigenvalue weighted by Crippen LogP contribution is -2.28. The molecule has 0 heterocycles. The summed E-state index contributed by atoms with van der Waals surface area (Å²) in [5.74, 6) is 0. The van der Waals surface area contributed by atoms with Gasteiger partial charge in [0.15, 0.2) is 0 Å². The second-order valence-electron chi connectivity index (χ2n) is 2.12. The molecule has 0 aliphatic rings. The van der Waals surface area contributed by atoms with Gasteiger partial charge in [0.05, 0.1) is 25.9 Å². The first-order valence-electron chi connectivity index (χ1n) is 3.22. The summed E-state index contributed by atoms with van der Waals surface area (Å²) in [6.07, 6.45) is -0.897. The average molecular weight is 150 g/mol. The van der Waals surface area contributed by atoms with Crippen LogP contribution in [0.25, 0.3) is 0 Å². The first-order valence-corrected chi connectivity index (χ1v) is 3.22. The summed E-state index contributed by atoms with van der Waals surface area (Å²) in [6.45, 7) is 1.12. The van der Waals surface area contributed by atoms with Gasteiger partial charge in [0, 0.05) is 0 Å². The van der Waals surface area contributed by atoms with Gasteiger partial charge in [0.1, 0.15) is 6.10 Å². The van der Waals surface area contributed by atoms with Crippen molar-refractivity contribution in [3.05, 3.63) is 0 Å². The van der Waals surface area contributed by atoms with Crippen LogP contribution in [0.2, 0.25) is 0 Å². The van der Waals surface area contributed by atoms with Crippen LogP contribution in [0.15, 0.2) is 0 Å². The highest BCUT2D eigenvalue weighted by Crippen LogP contribution is 1.95.